The molecule has 0 spiro atoms. The van der Waals surface area contributed by atoms with Gasteiger partial charge in [-0.3, -0.25) is 9.59 Å². The molecule has 1 aliphatic rings. The van der Waals surface area contributed by atoms with E-state index in [0.29, 0.717) is 43.3 Å². The molecule has 1 fully saturated rings. The van der Waals surface area contributed by atoms with Crippen LogP contribution < -0.4 is 10.2 Å². The fourth-order valence-electron chi connectivity index (χ4n) is 3.08. The fourth-order valence-corrected chi connectivity index (χ4v) is 3.72. The van der Waals surface area contributed by atoms with Crippen LogP contribution in [0.4, 0.5) is 5.82 Å². The minimum atomic E-state index is -0.159. The molecule has 3 heterocycles. The summed E-state index contributed by atoms with van der Waals surface area (Å²) < 4.78 is 0. The van der Waals surface area contributed by atoms with E-state index >= 15 is 0 Å². The fraction of sp³-hybridized carbons (Fsp3) is 0.389. The number of carbonyl (C=O) groups is 2. The largest absolute Gasteiger partial charge is 0.351 e. The quantitative estimate of drug-likeness (QED) is 0.833. The van der Waals surface area contributed by atoms with Gasteiger partial charge in [-0.15, -0.1) is 0 Å². The minimum Gasteiger partial charge on any atom is -0.351 e. The standard InChI is InChI=1S/C18H20N6O2S/c1-13-11-23(17-15(10-19)20-5-6-21-17)7-8-24(13)16(25)2-4-22-18(26)14-3-9-27-12-14/h3,5-6,9,12-13H,2,4,7-8,11H2,1H3,(H,22,26). The van der Waals surface area contributed by atoms with E-state index in [2.05, 4.69) is 21.4 Å². The van der Waals surface area contributed by atoms with Gasteiger partial charge < -0.3 is 15.1 Å². The number of rotatable bonds is 5. The van der Waals surface area contributed by atoms with E-state index in [-0.39, 0.29) is 24.3 Å². The molecule has 9 heteroatoms. The molecular formula is C18H20N6O2S. The summed E-state index contributed by atoms with van der Waals surface area (Å²) in [5.74, 6) is 0.406. The van der Waals surface area contributed by atoms with Gasteiger partial charge in [0.05, 0.1) is 0 Å². The molecule has 0 bridgehead atoms. The Bertz CT molecular complexity index is 848. The van der Waals surface area contributed by atoms with Gasteiger partial charge in [-0.1, -0.05) is 0 Å². The van der Waals surface area contributed by atoms with Gasteiger partial charge in [0.2, 0.25) is 5.91 Å². The average molecular weight is 384 g/mol. The third kappa shape index (κ3) is 4.41. The van der Waals surface area contributed by atoms with Crippen LogP contribution in [-0.2, 0) is 4.79 Å². The number of nitrogens with zero attached hydrogens (tertiary/aromatic N) is 5. The molecule has 2 amide bonds. The summed E-state index contributed by atoms with van der Waals surface area (Å²) in [6.07, 6.45) is 3.32. The van der Waals surface area contributed by atoms with Crippen molar-refractivity contribution in [3.8, 4) is 6.07 Å². The second-order valence-corrected chi connectivity index (χ2v) is 7.02. The molecule has 2 aromatic heterocycles. The highest BCUT2D eigenvalue weighted by atomic mass is 32.1. The van der Waals surface area contributed by atoms with Gasteiger partial charge in [0.15, 0.2) is 11.5 Å². The Morgan fingerprint density at radius 1 is 1.37 bits per heavy atom. The van der Waals surface area contributed by atoms with Gasteiger partial charge in [0, 0.05) is 62.0 Å². The van der Waals surface area contributed by atoms with Crippen LogP contribution in [0.1, 0.15) is 29.4 Å². The van der Waals surface area contributed by atoms with Gasteiger partial charge in [0.25, 0.3) is 5.91 Å². The number of piperazine rings is 1. The highest BCUT2D eigenvalue weighted by molar-refractivity contribution is 7.08. The van der Waals surface area contributed by atoms with Crippen molar-refractivity contribution in [2.75, 3.05) is 31.1 Å². The number of nitrogens with one attached hydrogen (secondary N) is 1. The van der Waals surface area contributed by atoms with E-state index in [1.807, 2.05) is 22.1 Å². The van der Waals surface area contributed by atoms with Crippen LogP contribution in [0.25, 0.3) is 0 Å². The SMILES string of the molecule is CC1CN(c2nccnc2C#N)CCN1C(=O)CCNC(=O)c1ccsc1. The van der Waals surface area contributed by atoms with E-state index in [1.165, 1.54) is 17.5 Å². The number of hydrogen-bond acceptors (Lipinski definition) is 7. The first kappa shape index (κ1) is 18.8. The van der Waals surface area contributed by atoms with Crippen molar-refractivity contribution in [2.45, 2.75) is 19.4 Å². The molecule has 0 radical (unpaired) electrons. The highest BCUT2D eigenvalue weighted by Gasteiger charge is 2.29. The topological polar surface area (TPSA) is 102 Å². The number of hydrogen-bond donors (Lipinski definition) is 1. The number of anilines is 1. The number of amides is 2. The van der Waals surface area contributed by atoms with Crippen molar-refractivity contribution in [2.24, 2.45) is 0 Å². The van der Waals surface area contributed by atoms with E-state index in [9.17, 15) is 14.9 Å². The Labute approximate surface area is 161 Å². The van der Waals surface area contributed by atoms with Gasteiger partial charge in [-0.05, 0) is 18.4 Å². The first-order valence-electron chi connectivity index (χ1n) is 8.66. The Hall–Kier alpha value is -2.99. The molecule has 1 aliphatic heterocycles. The highest BCUT2D eigenvalue weighted by Crippen LogP contribution is 2.19. The van der Waals surface area contributed by atoms with E-state index in [1.54, 1.807) is 17.6 Å². The molecule has 1 unspecified atom stereocenters. The first-order chi connectivity index (χ1) is 13.1. The maximum atomic E-state index is 12.5. The Balaban J connectivity index is 1.51. The molecule has 2 aromatic rings. The molecule has 1 N–H and O–H groups in total. The van der Waals surface area contributed by atoms with Crippen molar-refractivity contribution in [1.29, 1.82) is 5.26 Å². The van der Waals surface area contributed by atoms with Crippen molar-refractivity contribution in [3.05, 3.63) is 40.5 Å². The third-order valence-corrected chi connectivity index (χ3v) is 5.12. The van der Waals surface area contributed by atoms with Crippen LogP contribution >= 0.6 is 11.3 Å². The summed E-state index contributed by atoms with van der Waals surface area (Å²) in [4.78, 5) is 36.5. The lowest BCUT2D eigenvalue weighted by molar-refractivity contribution is -0.133. The summed E-state index contributed by atoms with van der Waals surface area (Å²) in [6, 6.07) is 3.79. The monoisotopic (exact) mass is 384 g/mol. The number of carbonyl (C=O) groups excluding carboxylic acids is 2. The maximum absolute atomic E-state index is 12.5. The molecular weight excluding hydrogens is 364 g/mol. The normalized spacial score (nSPS) is 16.7. The third-order valence-electron chi connectivity index (χ3n) is 4.44. The molecule has 3 rings (SSSR count). The molecule has 0 aliphatic carbocycles. The van der Waals surface area contributed by atoms with Crippen molar-refractivity contribution < 1.29 is 9.59 Å². The van der Waals surface area contributed by atoms with Crippen molar-refractivity contribution >= 4 is 29.0 Å². The van der Waals surface area contributed by atoms with Crippen LogP contribution in [0.5, 0.6) is 0 Å². The molecule has 0 aromatic carbocycles. The van der Waals surface area contributed by atoms with Crippen molar-refractivity contribution in [1.82, 2.24) is 20.2 Å². The van der Waals surface area contributed by atoms with Crippen LogP contribution in [-0.4, -0.2) is 58.9 Å². The summed E-state index contributed by atoms with van der Waals surface area (Å²) in [5, 5.41) is 15.6. The van der Waals surface area contributed by atoms with Crippen LogP contribution in [0.3, 0.4) is 0 Å². The van der Waals surface area contributed by atoms with Crippen molar-refractivity contribution in [3.63, 3.8) is 0 Å². The first-order valence-corrected chi connectivity index (χ1v) is 9.60. The Morgan fingerprint density at radius 2 is 2.19 bits per heavy atom. The minimum absolute atomic E-state index is 0.00687. The zero-order valence-electron chi connectivity index (χ0n) is 15.0. The van der Waals surface area contributed by atoms with E-state index in [0.717, 1.165) is 0 Å². The maximum Gasteiger partial charge on any atom is 0.252 e. The lowest BCUT2D eigenvalue weighted by Crippen LogP contribution is -2.54. The van der Waals surface area contributed by atoms with E-state index < -0.39 is 0 Å². The molecule has 0 saturated carbocycles. The summed E-state index contributed by atoms with van der Waals surface area (Å²) in [5.41, 5.74) is 0.910. The number of thiophene rings is 1. The van der Waals surface area contributed by atoms with Gasteiger partial charge in [-0.2, -0.15) is 16.6 Å². The Morgan fingerprint density at radius 3 is 2.89 bits per heavy atom. The van der Waals surface area contributed by atoms with Gasteiger partial charge in [-0.25, -0.2) is 9.97 Å². The lowest BCUT2D eigenvalue weighted by atomic mass is 10.1. The molecule has 1 saturated heterocycles. The predicted molar refractivity (Wildman–Crippen MR) is 101 cm³/mol. The van der Waals surface area contributed by atoms with Crippen LogP contribution in [0, 0.1) is 11.3 Å². The summed E-state index contributed by atoms with van der Waals surface area (Å²) in [6.45, 7) is 3.99. The zero-order valence-corrected chi connectivity index (χ0v) is 15.8. The molecule has 27 heavy (non-hydrogen) atoms. The predicted octanol–water partition coefficient (Wildman–Crippen LogP) is 1.27. The Kier molecular flexibility index (Phi) is 5.98. The van der Waals surface area contributed by atoms with Gasteiger partial charge >= 0.3 is 0 Å². The molecule has 1 atom stereocenters. The second-order valence-electron chi connectivity index (χ2n) is 6.24. The number of nitriles is 1. The summed E-state index contributed by atoms with van der Waals surface area (Å²) in [7, 11) is 0. The lowest BCUT2D eigenvalue weighted by Gasteiger charge is -2.40. The number of aromatic nitrogens is 2. The van der Waals surface area contributed by atoms with Gasteiger partial charge in [0.1, 0.15) is 6.07 Å². The van der Waals surface area contributed by atoms with E-state index in [4.69, 9.17) is 0 Å². The average Bonchev–Trinajstić information content (AvgIpc) is 3.22. The second kappa shape index (κ2) is 8.60. The smallest absolute Gasteiger partial charge is 0.252 e. The molecule has 140 valence electrons. The van der Waals surface area contributed by atoms with Crippen LogP contribution in [0.15, 0.2) is 29.2 Å². The zero-order chi connectivity index (χ0) is 19.2. The molecule has 8 nitrogen and oxygen atoms in total. The van der Waals surface area contributed by atoms with Crippen LogP contribution in [0.2, 0.25) is 0 Å². The summed E-state index contributed by atoms with van der Waals surface area (Å²) >= 11 is 1.46.